The van der Waals surface area contributed by atoms with Crippen molar-refractivity contribution in [2.24, 2.45) is 0 Å². The molecule has 0 bridgehead atoms. The fourth-order valence-corrected chi connectivity index (χ4v) is 6.95. The summed E-state index contributed by atoms with van der Waals surface area (Å²) in [4.78, 5) is 26.4. The molecule has 186 valence electrons. The molecule has 0 radical (unpaired) electrons. The molecule has 7 nitrogen and oxygen atoms in total. The minimum Gasteiger partial charge on any atom is -0.478 e. The van der Waals surface area contributed by atoms with Crippen LogP contribution in [-0.4, -0.2) is 42.8 Å². The summed E-state index contributed by atoms with van der Waals surface area (Å²) in [5, 5.41) is 9.15. The summed E-state index contributed by atoms with van der Waals surface area (Å²) in [6, 6.07) is 17.3. The number of rotatable bonds is 5. The van der Waals surface area contributed by atoms with Gasteiger partial charge in [-0.05, 0) is 66.4 Å². The van der Waals surface area contributed by atoms with Gasteiger partial charge in [0, 0.05) is 23.2 Å². The number of carboxylic acid groups (broad SMARTS) is 1. The van der Waals surface area contributed by atoms with Gasteiger partial charge >= 0.3 is 5.97 Å². The van der Waals surface area contributed by atoms with Gasteiger partial charge in [0.25, 0.3) is 0 Å². The minimum atomic E-state index is -4.04. The number of carbonyl (C=O) groups excluding carboxylic acids is 1. The first-order valence-corrected chi connectivity index (χ1v) is 13.6. The number of aromatic carboxylic acids is 1. The SMILES string of the molecule is O=C(O)c1ccc(CN2C(=O)C3(CCN(S(=O)(=O)c4ccccc4F)CC3)c3cc(Br)ccc32)cc1. The molecule has 0 saturated carbocycles. The van der Waals surface area contributed by atoms with E-state index in [2.05, 4.69) is 15.9 Å². The van der Waals surface area contributed by atoms with Crippen LogP contribution in [0.2, 0.25) is 0 Å². The number of piperidine rings is 1. The number of nitrogens with zero attached hydrogens (tertiary/aromatic N) is 2. The monoisotopic (exact) mass is 572 g/mol. The predicted octanol–water partition coefficient (Wildman–Crippen LogP) is 4.56. The second-order valence-electron chi connectivity index (χ2n) is 8.97. The Hall–Kier alpha value is -3.08. The van der Waals surface area contributed by atoms with Crippen molar-refractivity contribution in [1.82, 2.24) is 4.31 Å². The summed E-state index contributed by atoms with van der Waals surface area (Å²) in [6.45, 7) is 0.414. The summed E-state index contributed by atoms with van der Waals surface area (Å²) in [7, 11) is -4.04. The molecule has 2 aliphatic heterocycles. The number of halogens is 2. The third kappa shape index (κ3) is 4.03. The zero-order valence-corrected chi connectivity index (χ0v) is 21.4. The molecule has 2 heterocycles. The van der Waals surface area contributed by atoms with Crippen LogP contribution in [0.3, 0.4) is 0 Å². The van der Waals surface area contributed by atoms with Crippen LogP contribution < -0.4 is 4.90 Å². The molecular weight excluding hydrogens is 551 g/mol. The molecule has 1 saturated heterocycles. The van der Waals surface area contributed by atoms with Gasteiger partial charge in [-0.25, -0.2) is 17.6 Å². The van der Waals surface area contributed by atoms with Crippen LogP contribution in [0.15, 0.2) is 76.1 Å². The van der Waals surface area contributed by atoms with Gasteiger partial charge in [-0.1, -0.05) is 40.2 Å². The quantitative estimate of drug-likeness (QED) is 0.483. The zero-order valence-electron chi connectivity index (χ0n) is 19.0. The zero-order chi connectivity index (χ0) is 25.7. The number of amides is 1. The molecule has 36 heavy (non-hydrogen) atoms. The van der Waals surface area contributed by atoms with E-state index in [4.69, 9.17) is 5.11 Å². The molecule has 1 fully saturated rings. The largest absolute Gasteiger partial charge is 0.478 e. The Kier molecular flexibility index (Phi) is 6.22. The number of anilines is 1. The van der Waals surface area contributed by atoms with Crippen LogP contribution in [0.5, 0.6) is 0 Å². The number of hydrogen-bond acceptors (Lipinski definition) is 4. The number of carbonyl (C=O) groups is 2. The molecular formula is C26H22BrFN2O5S. The van der Waals surface area contributed by atoms with Crippen molar-refractivity contribution in [3.8, 4) is 0 Å². The Morgan fingerprint density at radius 2 is 1.69 bits per heavy atom. The molecule has 5 rings (SSSR count). The van der Waals surface area contributed by atoms with Crippen LogP contribution in [0.1, 0.15) is 34.3 Å². The molecule has 0 aromatic heterocycles. The van der Waals surface area contributed by atoms with Crippen molar-refractivity contribution in [2.75, 3.05) is 18.0 Å². The van der Waals surface area contributed by atoms with Crippen molar-refractivity contribution in [3.05, 3.63) is 93.7 Å². The van der Waals surface area contributed by atoms with Crippen LogP contribution in [0.4, 0.5) is 10.1 Å². The highest BCUT2D eigenvalue weighted by atomic mass is 79.9. The Morgan fingerprint density at radius 3 is 2.33 bits per heavy atom. The van der Waals surface area contributed by atoms with Crippen molar-refractivity contribution >= 4 is 43.5 Å². The highest BCUT2D eigenvalue weighted by Gasteiger charge is 2.53. The summed E-state index contributed by atoms with van der Waals surface area (Å²) < 4.78 is 42.5. The van der Waals surface area contributed by atoms with E-state index >= 15 is 0 Å². The van der Waals surface area contributed by atoms with Gasteiger partial charge in [0.1, 0.15) is 10.7 Å². The van der Waals surface area contributed by atoms with Gasteiger partial charge in [0.15, 0.2) is 0 Å². The van der Waals surface area contributed by atoms with Gasteiger partial charge in [-0.2, -0.15) is 4.31 Å². The number of sulfonamides is 1. The lowest BCUT2D eigenvalue weighted by atomic mass is 9.74. The normalized spacial score (nSPS) is 17.4. The Morgan fingerprint density at radius 1 is 1.03 bits per heavy atom. The summed E-state index contributed by atoms with van der Waals surface area (Å²) in [5.74, 6) is -1.95. The van der Waals surface area contributed by atoms with E-state index in [-0.39, 0.29) is 48.8 Å². The second kappa shape index (κ2) is 9.10. The van der Waals surface area contributed by atoms with E-state index in [9.17, 15) is 22.4 Å². The smallest absolute Gasteiger partial charge is 0.335 e. The molecule has 1 N–H and O–H groups in total. The Labute approximate surface area is 216 Å². The molecule has 2 aliphatic rings. The second-order valence-corrected chi connectivity index (χ2v) is 11.8. The van der Waals surface area contributed by atoms with E-state index < -0.39 is 27.2 Å². The van der Waals surface area contributed by atoms with Crippen LogP contribution in [-0.2, 0) is 26.8 Å². The molecule has 0 atom stereocenters. The number of hydrogen-bond donors (Lipinski definition) is 1. The molecule has 3 aromatic carbocycles. The molecule has 1 spiro atoms. The van der Waals surface area contributed by atoms with Gasteiger partial charge < -0.3 is 10.0 Å². The molecule has 0 unspecified atom stereocenters. The van der Waals surface area contributed by atoms with E-state index in [1.807, 2.05) is 18.2 Å². The van der Waals surface area contributed by atoms with Crippen molar-refractivity contribution < 1.29 is 27.5 Å². The van der Waals surface area contributed by atoms with Crippen molar-refractivity contribution in [3.63, 3.8) is 0 Å². The van der Waals surface area contributed by atoms with Gasteiger partial charge in [0.05, 0.1) is 17.5 Å². The third-order valence-electron chi connectivity index (χ3n) is 6.99. The summed E-state index contributed by atoms with van der Waals surface area (Å²) in [6.07, 6.45) is 0.523. The van der Waals surface area contributed by atoms with Crippen molar-refractivity contribution in [1.29, 1.82) is 0 Å². The number of carboxylic acids is 1. The minimum absolute atomic E-state index is 0.0789. The van der Waals surface area contributed by atoms with Crippen LogP contribution in [0, 0.1) is 5.82 Å². The Balaban J connectivity index is 1.44. The number of benzene rings is 3. The molecule has 3 aromatic rings. The molecule has 0 aliphatic carbocycles. The summed E-state index contributed by atoms with van der Waals surface area (Å²) in [5.41, 5.74) is 1.61. The van der Waals surface area contributed by atoms with Gasteiger partial charge in [-0.15, -0.1) is 0 Å². The van der Waals surface area contributed by atoms with Gasteiger partial charge in [-0.3, -0.25) is 4.79 Å². The summed E-state index contributed by atoms with van der Waals surface area (Å²) >= 11 is 3.49. The fourth-order valence-electron chi connectivity index (χ4n) is 5.09. The fraction of sp³-hybridized carbons (Fsp3) is 0.231. The Bertz CT molecular complexity index is 1470. The highest BCUT2D eigenvalue weighted by Crippen LogP contribution is 2.49. The highest BCUT2D eigenvalue weighted by molar-refractivity contribution is 9.10. The van der Waals surface area contributed by atoms with E-state index in [0.717, 1.165) is 27.4 Å². The van der Waals surface area contributed by atoms with Crippen molar-refractivity contribution in [2.45, 2.75) is 29.7 Å². The maximum absolute atomic E-state index is 14.3. The molecule has 1 amide bonds. The average Bonchev–Trinajstić information content (AvgIpc) is 3.07. The first-order chi connectivity index (χ1) is 17.1. The third-order valence-corrected chi connectivity index (χ3v) is 9.42. The number of fused-ring (bicyclic) bond motifs is 2. The van der Waals surface area contributed by atoms with Crippen LogP contribution in [0.25, 0.3) is 0 Å². The lowest BCUT2D eigenvalue weighted by Crippen LogP contribution is -2.50. The first kappa shape index (κ1) is 24.6. The van der Waals surface area contributed by atoms with Gasteiger partial charge in [0.2, 0.25) is 15.9 Å². The maximum atomic E-state index is 14.3. The van der Waals surface area contributed by atoms with Crippen LogP contribution >= 0.6 is 15.9 Å². The lowest BCUT2D eigenvalue weighted by molar-refractivity contribution is -0.124. The molecule has 10 heteroatoms. The predicted molar refractivity (Wildman–Crippen MR) is 135 cm³/mol. The van der Waals surface area contributed by atoms with E-state index in [1.54, 1.807) is 17.0 Å². The van der Waals surface area contributed by atoms with E-state index in [0.29, 0.717) is 0 Å². The first-order valence-electron chi connectivity index (χ1n) is 11.3. The lowest BCUT2D eigenvalue weighted by Gasteiger charge is -2.38. The van der Waals surface area contributed by atoms with E-state index in [1.165, 1.54) is 34.6 Å². The topological polar surface area (TPSA) is 95.0 Å². The standard InChI is InChI=1S/C26H22BrFN2O5S/c27-19-9-10-22-20(15-19)26(25(33)30(22)16-17-5-7-18(8-6-17)24(31)32)11-13-29(14-12-26)36(34,35)23-4-2-1-3-21(23)28/h1-10,15H,11-14,16H2,(H,31,32). The maximum Gasteiger partial charge on any atom is 0.335 e. The average molecular weight is 573 g/mol.